The molecule has 0 spiro atoms. The van der Waals surface area contributed by atoms with Crippen molar-refractivity contribution in [3.63, 3.8) is 0 Å². The molecule has 2 heterocycles. The topological polar surface area (TPSA) is 138 Å². The molecule has 0 bridgehead atoms. The van der Waals surface area contributed by atoms with E-state index in [1.54, 1.807) is 13.8 Å². The van der Waals surface area contributed by atoms with Gasteiger partial charge in [0.15, 0.2) is 15.8 Å². The Bertz CT molecular complexity index is 1400. The molecule has 1 aromatic carbocycles. The minimum absolute atomic E-state index is 0.262. The lowest BCUT2D eigenvalue weighted by molar-refractivity contribution is -0.115. The Morgan fingerprint density at radius 2 is 1.68 bits per heavy atom. The highest BCUT2D eigenvalue weighted by Gasteiger charge is 2.28. The number of nitrogens with zero attached hydrogens (tertiary/aromatic N) is 2. The number of nitrogens with one attached hydrogen (secondary N) is 2. The number of thioether (sulfide) groups is 1. The van der Waals surface area contributed by atoms with Crippen molar-refractivity contribution in [3.05, 3.63) is 33.7 Å². The molecular formula is C27H32N4O7S3. The Kier molecular flexibility index (Phi) is 10.5. The first-order valence-corrected chi connectivity index (χ1v) is 15.5. The molecule has 3 aromatic rings. The van der Waals surface area contributed by atoms with Gasteiger partial charge in [0.2, 0.25) is 16.8 Å². The van der Waals surface area contributed by atoms with E-state index in [1.807, 2.05) is 0 Å². The number of aromatic nitrogens is 2. The van der Waals surface area contributed by atoms with E-state index in [-0.39, 0.29) is 23.2 Å². The number of benzene rings is 1. The summed E-state index contributed by atoms with van der Waals surface area (Å²) in [5.41, 5.74) is 1.76. The molecule has 0 saturated carbocycles. The number of amides is 2. The summed E-state index contributed by atoms with van der Waals surface area (Å²) >= 11 is 3.81. The molecule has 2 N–H and O–H groups in total. The summed E-state index contributed by atoms with van der Waals surface area (Å²) in [6.07, 6.45) is 4.87. The van der Waals surface area contributed by atoms with Gasteiger partial charge in [-0.1, -0.05) is 29.5 Å². The first kappa shape index (κ1) is 30.6. The number of carbonyl (C=O) groups is 3. The first-order chi connectivity index (χ1) is 19.8. The predicted molar refractivity (Wildman–Crippen MR) is 159 cm³/mol. The van der Waals surface area contributed by atoms with Crippen molar-refractivity contribution in [2.45, 2.75) is 55.5 Å². The molecule has 14 heteroatoms. The molecule has 1 unspecified atom stereocenters. The molecule has 4 rings (SSSR count). The molecule has 0 aliphatic heterocycles. The number of carbonyl (C=O) groups excluding carboxylic acids is 3. The average Bonchev–Trinajstić information content (AvgIpc) is 3.47. The van der Waals surface area contributed by atoms with E-state index in [4.69, 9.17) is 18.9 Å². The highest BCUT2D eigenvalue weighted by Crippen LogP contribution is 2.40. The Balaban J connectivity index is 1.43. The van der Waals surface area contributed by atoms with Crippen molar-refractivity contribution in [3.8, 4) is 17.2 Å². The lowest BCUT2D eigenvalue weighted by Gasteiger charge is -2.13. The zero-order valence-corrected chi connectivity index (χ0v) is 25.9. The quantitative estimate of drug-likeness (QED) is 0.123. The van der Waals surface area contributed by atoms with Gasteiger partial charge in [-0.15, -0.1) is 21.5 Å². The largest absolute Gasteiger partial charge is 0.493 e. The van der Waals surface area contributed by atoms with E-state index < -0.39 is 17.1 Å². The number of ether oxygens (including phenoxy) is 4. The molecule has 0 fully saturated rings. The van der Waals surface area contributed by atoms with Crippen LogP contribution in [0.2, 0.25) is 0 Å². The summed E-state index contributed by atoms with van der Waals surface area (Å²) in [6, 6.07) is 3.07. The summed E-state index contributed by atoms with van der Waals surface area (Å²) in [4.78, 5) is 40.0. The number of hydrogen-bond donors (Lipinski definition) is 2. The fourth-order valence-corrected chi connectivity index (χ4v) is 7.53. The number of esters is 1. The summed E-state index contributed by atoms with van der Waals surface area (Å²) < 4.78 is 21.8. The Labute approximate surface area is 250 Å². The lowest BCUT2D eigenvalue weighted by atomic mass is 10.1. The summed E-state index contributed by atoms with van der Waals surface area (Å²) in [7, 11) is 4.42. The summed E-state index contributed by atoms with van der Waals surface area (Å²) in [6.45, 7) is 3.78. The van der Waals surface area contributed by atoms with Gasteiger partial charge in [-0.2, -0.15) is 0 Å². The highest BCUT2D eigenvalue weighted by atomic mass is 32.2. The van der Waals surface area contributed by atoms with Gasteiger partial charge < -0.3 is 24.3 Å². The molecule has 2 amide bonds. The third-order valence-electron chi connectivity index (χ3n) is 6.34. The second-order valence-corrected chi connectivity index (χ2v) is 12.7. The Hall–Kier alpha value is -3.36. The Morgan fingerprint density at radius 3 is 2.34 bits per heavy atom. The number of rotatable bonds is 11. The molecule has 0 radical (unpaired) electrons. The van der Waals surface area contributed by atoms with Crippen molar-refractivity contribution in [2.75, 3.05) is 38.6 Å². The lowest BCUT2D eigenvalue weighted by Crippen LogP contribution is -2.23. The summed E-state index contributed by atoms with van der Waals surface area (Å²) in [5, 5.41) is 14.1. The van der Waals surface area contributed by atoms with Gasteiger partial charge in [0, 0.05) is 10.4 Å². The zero-order valence-electron chi connectivity index (χ0n) is 23.5. The fraction of sp³-hybridized carbons (Fsp3) is 0.444. The fourth-order valence-electron chi connectivity index (χ4n) is 4.36. The average molecular weight is 621 g/mol. The van der Waals surface area contributed by atoms with Crippen LogP contribution < -0.4 is 24.8 Å². The van der Waals surface area contributed by atoms with Crippen LogP contribution in [0.3, 0.4) is 0 Å². The van der Waals surface area contributed by atoms with Gasteiger partial charge in [-0.3, -0.25) is 14.9 Å². The van der Waals surface area contributed by atoms with E-state index >= 15 is 0 Å². The zero-order chi connectivity index (χ0) is 29.5. The van der Waals surface area contributed by atoms with Crippen molar-refractivity contribution in [2.24, 2.45) is 0 Å². The molecule has 1 aliphatic rings. The maximum Gasteiger partial charge on any atom is 0.341 e. The van der Waals surface area contributed by atoms with Crippen molar-refractivity contribution < 1.29 is 33.3 Å². The van der Waals surface area contributed by atoms with Crippen molar-refractivity contribution in [1.82, 2.24) is 10.2 Å². The third kappa shape index (κ3) is 7.11. The van der Waals surface area contributed by atoms with E-state index in [1.165, 1.54) is 56.6 Å². The molecule has 1 atom stereocenters. The number of thiophene rings is 1. The standard InChI is InChI=1S/C27H32N4O7S3/c1-6-38-25(34)20-16-10-8-7-9-11-19(16)40-24(20)28-22(32)14(2)39-27-31-30-26(41-27)29-23(33)15-12-17(35-3)21(37-5)18(13-15)36-4/h12-14H,6-11H2,1-5H3,(H,28,32)(H,29,30,33). The molecule has 11 nitrogen and oxygen atoms in total. The van der Waals surface area contributed by atoms with E-state index in [2.05, 4.69) is 20.8 Å². The van der Waals surface area contributed by atoms with Gasteiger partial charge in [0.05, 0.1) is 38.7 Å². The predicted octanol–water partition coefficient (Wildman–Crippen LogP) is 5.44. The van der Waals surface area contributed by atoms with Crippen LogP contribution >= 0.6 is 34.4 Å². The third-order valence-corrected chi connectivity index (χ3v) is 9.57. The summed E-state index contributed by atoms with van der Waals surface area (Å²) in [5.74, 6) is -0.0424. The highest BCUT2D eigenvalue weighted by molar-refractivity contribution is 8.02. The molecule has 1 aliphatic carbocycles. The van der Waals surface area contributed by atoms with Crippen LogP contribution in [0.5, 0.6) is 17.2 Å². The maximum atomic E-state index is 13.1. The van der Waals surface area contributed by atoms with Crippen LogP contribution in [-0.2, 0) is 22.4 Å². The van der Waals surface area contributed by atoms with Crippen LogP contribution in [0, 0.1) is 0 Å². The van der Waals surface area contributed by atoms with Gasteiger partial charge in [0.25, 0.3) is 5.91 Å². The van der Waals surface area contributed by atoms with Crippen LogP contribution in [-0.4, -0.2) is 61.2 Å². The maximum absolute atomic E-state index is 13.1. The van der Waals surface area contributed by atoms with Crippen LogP contribution in [0.15, 0.2) is 16.5 Å². The van der Waals surface area contributed by atoms with Crippen LogP contribution in [0.1, 0.15) is 64.3 Å². The smallest absolute Gasteiger partial charge is 0.341 e. The minimum atomic E-state index is -0.543. The molecule has 41 heavy (non-hydrogen) atoms. The van der Waals surface area contributed by atoms with Gasteiger partial charge >= 0.3 is 5.97 Å². The molecule has 0 saturated heterocycles. The van der Waals surface area contributed by atoms with Crippen molar-refractivity contribution >= 4 is 62.4 Å². The number of methoxy groups -OCH3 is 3. The van der Waals surface area contributed by atoms with E-state index in [0.29, 0.717) is 32.2 Å². The van der Waals surface area contributed by atoms with Crippen molar-refractivity contribution in [1.29, 1.82) is 0 Å². The number of hydrogen-bond acceptors (Lipinski definition) is 12. The normalized spacial score (nSPS) is 13.4. The first-order valence-electron chi connectivity index (χ1n) is 13.0. The molecular weight excluding hydrogens is 589 g/mol. The molecule has 220 valence electrons. The molecule has 2 aromatic heterocycles. The van der Waals surface area contributed by atoms with Gasteiger partial charge in [0.1, 0.15) is 5.00 Å². The second-order valence-electron chi connectivity index (χ2n) is 8.98. The minimum Gasteiger partial charge on any atom is -0.493 e. The van der Waals surface area contributed by atoms with E-state index in [9.17, 15) is 14.4 Å². The monoisotopic (exact) mass is 620 g/mol. The van der Waals surface area contributed by atoms with Crippen LogP contribution in [0.25, 0.3) is 0 Å². The van der Waals surface area contributed by atoms with E-state index in [0.717, 1.165) is 53.9 Å². The second kappa shape index (κ2) is 14.0. The van der Waals surface area contributed by atoms with Crippen LogP contribution in [0.4, 0.5) is 10.1 Å². The number of aryl methyl sites for hydroxylation is 1. The van der Waals surface area contributed by atoms with Gasteiger partial charge in [-0.25, -0.2) is 4.79 Å². The Morgan fingerprint density at radius 1 is 0.976 bits per heavy atom. The van der Waals surface area contributed by atoms with Gasteiger partial charge in [-0.05, 0) is 57.2 Å². The number of fused-ring (bicyclic) bond motifs is 1. The SMILES string of the molecule is CCOC(=O)c1c(NC(=O)C(C)Sc2nnc(NC(=O)c3cc(OC)c(OC)c(OC)c3)s2)sc2c1CCCCC2. The number of anilines is 2.